The highest BCUT2D eigenvalue weighted by atomic mass is 15.1. The van der Waals surface area contributed by atoms with Gasteiger partial charge >= 0.3 is 0 Å². The fourth-order valence-electron chi connectivity index (χ4n) is 4.37. The molecule has 124 valence electrons. The van der Waals surface area contributed by atoms with Gasteiger partial charge in [0, 0.05) is 19.6 Å². The van der Waals surface area contributed by atoms with Crippen molar-refractivity contribution >= 4 is 0 Å². The molecule has 21 heavy (non-hydrogen) atoms. The molecule has 1 aliphatic carbocycles. The van der Waals surface area contributed by atoms with Gasteiger partial charge in [-0.3, -0.25) is 0 Å². The van der Waals surface area contributed by atoms with Gasteiger partial charge in [0.25, 0.3) is 0 Å². The predicted octanol–water partition coefficient (Wildman–Crippen LogP) is 4.30. The van der Waals surface area contributed by atoms with E-state index in [2.05, 4.69) is 31.0 Å². The zero-order valence-corrected chi connectivity index (χ0v) is 14.8. The molecule has 1 heterocycles. The van der Waals surface area contributed by atoms with Crippen molar-refractivity contribution in [3.8, 4) is 0 Å². The monoisotopic (exact) mass is 294 g/mol. The van der Waals surface area contributed by atoms with Crippen LogP contribution in [0.25, 0.3) is 0 Å². The van der Waals surface area contributed by atoms with Gasteiger partial charge in [0.2, 0.25) is 0 Å². The van der Waals surface area contributed by atoms with Gasteiger partial charge < -0.3 is 10.2 Å². The Morgan fingerprint density at radius 2 is 1.76 bits per heavy atom. The lowest BCUT2D eigenvalue weighted by molar-refractivity contribution is 0.0724. The third-order valence-corrected chi connectivity index (χ3v) is 6.07. The number of rotatable bonds is 6. The molecule has 2 fully saturated rings. The fourth-order valence-corrected chi connectivity index (χ4v) is 4.37. The number of hydrogen-bond donors (Lipinski definition) is 1. The molecule has 0 aromatic rings. The van der Waals surface area contributed by atoms with Gasteiger partial charge in [-0.15, -0.1) is 0 Å². The van der Waals surface area contributed by atoms with Crippen molar-refractivity contribution in [2.75, 3.05) is 32.7 Å². The SMILES string of the molecule is CCCNCC1(CN2CCC(C)C(C)C2)CCCCCC1. The van der Waals surface area contributed by atoms with Crippen molar-refractivity contribution in [1.82, 2.24) is 10.2 Å². The van der Waals surface area contributed by atoms with E-state index in [0.29, 0.717) is 5.41 Å². The van der Waals surface area contributed by atoms with Crippen LogP contribution >= 0.6 is 0 Å². The van der Waals surface area contributed by atoms with Crippen LogP contribution in [0, 0.1) is 17.3 Å². The number of nitrogens with zero attached hydrogens (tertiary/aromatic N) is 1. The minimum Gasteiger partial charge on any atom is -0.316 e. The fraction of sp³-hybridized carbons (Fsp3) is 1.00. The summed E-state index contributed by atoms with van der Waals surface area (Å²) in [4.78, 5) is 2.80. The number of nitrogens with one attached hydrogen (secondary N) is 1. The normalized spacial score (nSPS) is 31.0. The maximum Gasteiger partial charge on any atom is 0.00503 e. The third kappa shape index (κ3) is 5.25. The van der Waals surface area contributed by atoms with Crippen LogP contribution in [0.15, 0.2) is 0 Å². The molecule has 1 aliphatic heterocycles. The maximum absolute atomic E-state index is 3.76. The summed E-state index contributed by atoms with van der Waals surface area (Å²) in [6.45, 7) is 13.6. The summed E-state index contributed by atoms with van der Waals surface area (Å²) in [7, 11) is 0. The molecule has 1 saturated carbocycles. The minimum absolute atomic E-state index is 0.561. The molecule has 2 rings (SSSR count). The average Bonchev–Trinajstić information content (AvgIpc) is 2.69. The van der Waals surface area contributed by atoms with Crippen LogP contribution in [-0.4, -0.2) is 37.6 Å². The van der Waals surface area contributed by atoms with E-state index >= 15 is 0 Å². The van der Waals surface area contributed by atoms with Crippen molar-refractivity contribution in [2.45, 2.75) is 72.1 Å². The van der Waals surface area contributed by atoms with Gasteiger partial charge in [-0.05, 0) is 56.0 Å². The minimum atomic E-state index is 0.561. The van der Waals surface area contributed by atoms with Gasteiger partial charge in [-0.2, -0.15) is 0 Å². The van der Waals surface area contributed by atoms with E-state index in [4.69, 9.17) is 0 Å². The van der Waals surface area contributed by atoms with Crippen LogP contribution in [0.3, 0.4) is 0 Å². The summed E-state index contributed by atoms with van der Waals surface area (Å²) in [6, 6.07) is 0. The smallest absolute Gasteiger partial charge is 0.00503 e. The second kappa shape index (κ2) is 8.53. The first-order chi connectivity index (χ1) is 10.2. The Morgan fingerprint density at radius 3 is 2.38 bits per heavy atom. The van der Waals surface area contributed by atoms with E-state index in [1.807, 2.05) is 0 Å². The van der Waals surface area contributed by atoms with Crippen molar-refractivity contribution in [3.05, 3.63) is 0 Å². The lowest BCUT2D eigenvalue weighted by Gasteiger charge is -2.42. The largest absolute Gasteiger partial charge is 0.316 e. The zero-order valence-electron chi connectivity index (χ0n) is 14.8. The molecule has 2 aliphatic rings. The Balaban J connectivity index is 1.94. The van der Waals surface area contributed by atoms with Gasteiger partial charge in [-0.1, -0.05) is 46.5 Å². The van der Waals surface area contributed by atoms with Crippen LogP contribution in [0.2, 0.25) is 0 Å². The lowest BCUT2D eigenvalue weighted by Crippen LogP contribution is -2.48. The highest BCUT2D eigenvalue weighted by Gasteiger charge is 2.34. The van der Waals surface area contributed by atoms with Crippen LogP contribution in [0.4, 0.5) is 0 Å². The van der Waals surface area contributed by atoms with Gasteiger partial charge in [0.1, 0.15) is 0 Å². The number of hydrogen-bond acceptors (Lipinski definition) is 2. The average molecular weight is 295 g/mol. The third-order valence-electron chi connectivity index (χ3n) is 6.07. The zero-order chi connectivity index (χ0) is 15.1. The molecule has 1 N–H and O–H groups in total. The summed E-state index contributed by atoms with van der Waals surface area (Å²) >= 11 is 0. The molecule has 0 radical (unpaired) electrons. The molecule has 2 heteroatoms. The van der Waals surface area contributed by atoms with Gasteiger partial charge in [0.15, 0.2) is 0 Å². The lowest BCUT2D eigenvalue weighted by atomic mass is 9.78. The Morgan fingerprint density at radius 1 is 1.05 bits per heavy atom. The van der Waals surface area contributed by atoms with Crippen molar-refractivity contribution in [2.24, 2.45) is 17.3 Å². The molecule has 2 unspecified atom stereocenters. The maximum atomic E-state index is 3.76. The van der Waals surface area contributed by atoms with E-state index in [-0.39, 0.29) is 0 Å². The summed E-state index contributed by atoms with van der Waals surface area (Å²) in [5.41, 5.74) is 0.561. The Kier molecular flexibility index (Phi) is 7.01. The Hall–Kier alpha value is -0.0800. The molecule has 0 aromatic carbocycles. The quantitative estimate of drug-likeness (QED) is 0.580. The summed E-state index contributed by atoms with van der Waals surface area (Å²) in [5.74, 6) is 1.80. The summed E-state index contributed by atoms with van der Waals surface area (Å²) in [6.07, 6.45) is 11.4. The molecule has 0 amide bonds. The summed E-state index contributed by atoms with van der Waals surface area (Å²) < 4.78 is 0. The first-order valence-corrected chi connectivity index (χ1v) is 9.58. The van der Waals surface area contributed by atoms with E-state index in [1.54, 1.807) is 0 Å². The second-order valence-electron chi connectivity index (χ2n) is 8.07. The van der Waals surface area contributed by atoms with Crippen LogP contribution < -0.4 is 5.32 Å². The van der Waals surface area contributed by atoms with Gasteiger partial charge in [0.05, 0.1) is 0 Å². The van der Waals surface area contributed by atoms with Crippen molar-refractivity contribution < 1.29 is 0 Å². The number of piperidine rings is 1. The standard InChI is InChI=1S/C19H38N2/c1-4-12-20-15-19(10-7-5-6-8-11-19)16-21-13-9-17(2)18(3)14-21/h17-18,20H,4-16H2,1-3H3. The Bertz CT molecular complexity index is 281. The number of likely N-dealkylation sites (tertiary alicyclic amines) is 1. The molecular weight excluding hydrogens is 256 g/mol. The molecule has 1 saturated heterocycles. The van der Waals surface area contributed by atoms with Gasteiger partial charge in [-0.25, -0.2) is 0 Å². The molecule has 0 spiro atoms. The van der Waals surface area contributed by atoms with E-state index in [9.17, 15) is 0 Å². The van der Waals surface area contributed by atoms with E-state index in [1.165, 1.54) is 84.1 Å². The molecule has 2 atom stereocenters. The van der Waals surface area contributed by atoms with Crippen LogP contribution in [0.5, 0.6) is 0 Å². The van der Waals surface area contributed by atoms with E-state index in [0.717, 1.165) is 11.8 Å². The first kappa shape index (κ1) is 17.3. The van der Waals surface area contributed by atoms with Crippen LogP contribution in [0.1, 0.15) is 72.1 Å². The van der Waals surface area contributed by atoms with E-state index < -0.39 is 0 Å². The van der Waals surface area contributed by atoms with Crippen molar-refractivity contribution in [1.29, 1.82) is 0 Å². The second-order valence-corrected chi connectivity index (χ2v) is 8.07. The predicted molar refractivity (Wildman–Crippen MR) is 92.7 cm³/mol. The molecule has 0 bridgehead atoms. The molecular formula is C19H38N2. The summed E-state index contributed by atoms with van der Waals surface area (Å²) in [5, 5.41) is 3.76. The van der Waals surface area contributed by atoms with Crippen molar-refractivity contribution in [3.63, 3.8) is 0 Å². The molecule has 0 aromatic heterocycles. The highest BCUT2D eigenvalue weighted by molar-refractivity contribution is 4.89. The first-order valence-electron chi connectivity index (χ1n) is 9.58. The topological polar surface area (TPSA) is 15.3 Å². The Labute approximate surface area is 133 Å². The van der Waals surface area contributed by atoms with Crippen LogP contribution in [-0.2, 0) is 0 Å². The highest BCUT2D eigenvalue weighted by Crippen LogP contribution is 2.36. The molecule has 2 nitrogen and oxygen atoms in total.